The van der Waals surface area contributed by atoms with Crippen molar-refractivity contribution >= 4 is 37.9 Å². The summed E-state index contributed by atoms with van der Waals surface area (Å²) in [5.41, 5.74) is 0.845. The molecular weight excluding hydrogens is 286 g/mol. The number of aromatic nitrogens is 1. The molecule has 0 atom stereocenters. The average molecular weight is 293 g/mol. The maximum atomic E-state index is 4.97. The Labute approximate surface area is 87.9 Å². The fourth-order valence-corrected chi connectivity index (χ4v) is 1.21. The number of rotatable bonds is 2. The van der Waals surface area contributed by atoms with E-state index in [0.717, 1.165) is 9.09 Å². The zero-order valence-corrected chi connectivity index (χ0v) is 9.59. The summed E-state index contributed by atoms with van der Waals surface area (Å²) in [6, 6.07) is 5.59. The van der Waals surface area contributed by atoms with Crippen LogP contribution in [0.15, 0.2) is 21.6 Å². The van der Waals surface area contributed by atoms with Crippen molar-refractivity contribution < 1.29 is 4.74 Å². The van der Waals surface area contributed by atoms with E-state index in [9.17, 15) is 0 Å². The van der Waals surface area contributed by atoms with E-state index in [0.29, 0.717) is 5.88 Å². The Morgan fingerprint density at radius 1 is 1.50 bits per heavy atom. The molecule has 1 aromatic heterocycles. The highest BCUT2D eigenvalue weighted by Crippen LogP contribution is 2.18. The molecule has 0 aliphatic rings. The van der Waals surface area contributed by atoms with Gasteiger partial charge in [0.05, 0.1) is 16.2 Å². The Morgan fingerprint density at radius 2 is 2.25 bits per heavy atom. The van der Waals surface area contributed by atoms with Crippen LogP contribution in [0.4, 0.5) is 0 Å². The Bertz CT molecular complexity index is 295. The zero-order chi connectivity index (χ0) is 8.97. The van der Waals surface area contributed by atoms with Crippen molar-refractivity contribution in [3.8, 4) is 5.88 Å². The first-order valence-corrected chi connectivity index (χ1v) is 4.84. The molecule has 1 aromatic rings. The van der Waals surface area contributed by atoms with E-state index in [1.54, 1.807) is 13.2 Å². The van der Waals surface area contributed by atoms with E-state index >= 15 is 0 Å². The second-order valence-corrected chi connectivity index (χ2v) is 4.81. The van der Waals surface area contributed by atoms with Crippen LogP contribution in [0.2, 0.25) is 0 Å². The van der Waals surface area contributed by atoms with Gasteiger partial charge in [-0.05, 0) is 44.0 Å². The molecule has 0 amide bonds. The van der Waals surface area contributed by atoms with Crippen molar-refractivity contribution in [1.29, 1.82) is 0 Å². The topological polar surface area (TPSA) is 22.1 Å². The van der Waals surface area contributed by atoms with Crippen LogP contribution in [0.1, 0.15) is 5.69 Å². The van der Waals surface area contributed by atoms with Crippen molar-refractivity contribution in [2.24, 2.45) is 0 Å². The standard InChI is InChI=1S/C8H7Br2NO/c1-12-8-4-2-3-6(11-8)5-7(9)10/h2-5H,1H3. The lowest BCUT2D eigenvalue weighted by atomic mass is 10.3. The molecule has 0 aliphatic carbocycles. The van der Waals surface area contributed by atoms with Crippen molar-refractivity contribution in [1.82, 2.24) is 4.98 Å². The summed E-state index contributed by atoms with van der Waals surface area (Å²) in [7, 11) is 1.60. The molecule has 4 heteroatoms. The first-order valence-electron chi connectivity index (χ1n) is 3.26. The molecule has 0 saturated heterocycles. The number of nitrogens with zero attached hydrogens (tertiary/aromatic N) is 1. The second-order valence-electron chi connectivity index (χ2n) is 2.04. The van der Waals surface area contributed by atoms with Gasteiger partial charge < -0.3 is 4.74 Å². The predicted octanol–water partition coefficient (Wildman–Crippen LogP) is 3.18. The first kappa shape index (κ1) is 9.74. The van der Waals surface area contributed by atoms with Crippen LogP contribution in [-0.4, -0.2) is 12.1 Å². The van der Waals surface area contributed by atoms with E-state index in [1.165, 1.54) is 0 Å². The van der Waals surface area contributed by atoms with E-state index in [1.807, 2.05) is 18.2 Å². The van der Waals surface area contributed by atoms with E-state index in [2.05, 4.69) is 36.8 Å². The summed E-state index contributed by atoms with van der Waals surface area (Å²) in [6.07, 6.45) is 1.85. The van der Waals surface area contributed by atoms with E-state index in [4.69, 9.17) is 4.74 Å². The first-order chi connectivity index (χ1) is 5.72. The smallest absolute Gasteiger partial charge is 0.213 e. The highest BCUT2D eigenvalue weighted by atomic mass is 79.9. The fraction of sp³-hybridized carbons (Fsp3) is 0.125. The number of ether oxygens (including phenoxy) is 1. The van der Waals surface area contributed by atoms with Gasteiger partial charge in [-0.15, -0.1) is 0 Å². The maximum absolute atomic E-state index is 4.97. The van der Waals surface area contributed by atoms with Crippen molar-refractivity contribution in [2.45, 2.75) is 0 Å². The minimum Gasteiger partial charge on any atom is -0.481 e. The highest BCUT2D eigenvalue weighted by Gasteiger charge is 1.93. The molecule has 0 fully saturated rings. The number of halogens is 2. The molecule has 0 saturated carbocycles. The molecular formula is C8H7Br2NO. The molecule has 0 unspecified atom stereocenters. The van der Waals surface area contributed by atoms with Crippen molar-refractivity contribution in [3.05, 3.63) is 27.3 Å². The van der Waals surface area contributed by atoms with Gasteiger partial charge in [0, 0.05) is 6.07 Å². The summed E-state index contributed by atoms with van der Waals surface area (Å²) in [5.74, 6) is 0.616. The molecule has 0 bridgehead atoms. The molecule has 1 rings (SSSR count). The fourth-order valence-electron chi connectivity index (χ4n) is 0.737. The molecule has 2 nitrogen and oxygen atoms in total. The molecule has 12 heavy (non-hydrogen) atoms. The average Bonchev–Trinajstić information content (AvgIpc) is 2.03. The Morgan fingerprint density at radius 3 is 2.83 bits per heavy atom. The summed E-state index contributed by atoms with van der Waals surface area (Å²) in [4.78, 5) is 4.17. The molecule has 0 radical (unpaired) electrons. The monoisotopic (exact) mass is 291 g/mol. The van der Waals surface area contributed by atoms with Gasteiger partial charge in [-0.2, -0.15) is 0 Å². The predicted molar refractivity (Wildman–Crippen MR) is 56.6 cm³/mol. The van der Waals surface area contributed by atoms with Crippen molar-refractivity contribution in [3.63, 3.8) is 0 Å². The van der Waals surface area contributed by atoms with Gasteiger partial charge in [0.1, 0.15) is 0 Å². The van der Waals surface area contributed by atoms with Crippen LogP contribution < -0.4 is 4.74 Å². The minimum atomic E-state index is 0.616. The number of hydrogen-bond acceptors (Lipinski definition) is 2. The van der Waals surface area contributed by atoms with Crippen LogP contribution in [-0.2, 0) is 0 Å². The Hall–Kier alpha value is -0.350. The van der Waals surface area contributed by atoms with E-state index < -0.39 is 0 Å². The van der Waals surface area contributed by atoms with Gasteiger partial charge >= 0.3 is 0 Å². The highest BCUT2D eigenvalue weighted by molar-refractivity contribution is 9.28. The van der Waals surface area contributed by atoms with Crippen LogP contribution in [0, 0.1) is 0 Å². The third-order valence-corrected chi connectivity index (χ3v) is 1.67. The normalized spacial score (nSPS) is 9.25. The molecule has 0 spiro atoms. The lowest BCUT2D eigenvalue weighted by Gasteiger charge is -1.98. The summed E-state index contributed by atoms with van der Waals surface area (Å²) < 4.78 is 5.82. The summed E-state index contributed by atoms with van der Waals surface area (Å²) >= 11 is 6.51. The summed E-state index contributed by atoms with van der Waals surface area (Å²) in [5, 5.41) is 0. The quantitative estimate of drug-likeness (QED) is 0.835. The lowest BCUT2D eigenvalue weighted by molar-refractivity contribution is 0.397. The maximum Gasteiger partial charge on any atom is 0.213 e. The van der Waals surface area contributed by atoms with Gasteiger partial charge in [-0.3, -0.25) is 0 Å². The zero-order valence-electron chi connectivity index (χ0n) is 6.42. The number of methoxy groups -OCH3 is 1. The minimum absolute atomic E-state index is 0.616. The number of pyridine rings is 1. The summed E-state index contributed by atoms with van der Waals surface area (Å²) in [6.45, 7) is 0. The van der Waals surface area contributed by atoms with Gasteiger partial charge in [-0.1, -0.05) is 6.07 Å². The molecule has 0 aliphatic heterocycles. The van der Waals surface area contributed by atoms with Crippen LogP contribution in [0.25, 0.3) is 6.08 Å². The SMILES string of the molecule is COc1cccc(C=C(Br)Br)n1. The Balaban J connectivity index is 2.94. The van der Waals surface area contributed by atoms with Gasteiger partial charge in [0.25, 0.3) is 0 Å². The Kier molecular flexibility index (Phi) is 3.75. The van der Waals surface area contributed by atoms with Gasteiger partial charge in [0.2, 0.25) is 5.88 Å². The van der Waals surface area contributed by atoms with E-state index in [-0.39, 0.29) is 0 Å². The number of hydrogen-bond donors (Lipinski definition) is 0. The van der Waals surface area contributed by atoms with Gasteiger partial charge in [0.15, 0.2) is 0 Å². The largest absolute Gasteiger partial charge is 0.481 e. The third-order valence-electron chi connectivity index (χ3n) is 1.21. The molecule has 1 heterocycles. The molecule has 64 valence electrons. The van der Waals surface area contributed by atoms with Gasteiger partial charge in [-0.25, -0.2) is 4.98 Å². The van der Waals surface area contributed by atoms with Crippen LogP contribution >= 0.6 is 31.9 Å². The second kappa shape index (κ2) is 4.62. The van der Waals surface area contributed by atoms with Crippen LogP contribution in [0.3, 0.4) is 0 Å². The van der Waals surface area contributed by atoms with Crippen LogP contribution in [0.5, 0.6) is 5.88 Å². The van der Waals surface area contributed by atoms with Crippen molar-refractivity contribution in [2.75, 3.05) is 7.11 Å². The molecule has 0 N–H and O–H groups in total. The lowest BCUT2D eigenvalue weighted by Crippen LogP contribution is -1.88. The third kappa shape index (κ3) is 2.95. The molecule has 0 aromatic carbocycles.